The number of benzene rings is 1. The number of aryl methyl sites for hydroxylation is 1. The summed E-state index contributed by atoms with van der Waals surface area (Å²) in [5, 5.41) is 9.29. The Morgan fingerprint density at radius 2 is 2.21 bits per heavy atom. The van der Waals surface area contributed by atoms with E-state index in [0.717, 1.165) is 0 Å². The molecule has 4 nitrogen and oxygen atoms in total. The third-order valence-corrected chi connectivity index (χ3v) is 3.71. The molecule has 1 saturated heterocycles. The number of likely N-dealkylation sites (N-methyl/N-ethyl adjacent to an activating group) is 1. The maximum Gasteiger partial charge on any atom is 0.257 e. The van der Waals surface area contributed by atoms with Crippen molar-refractivity contribution in [3.05, 3.63) is 35.1 Å². The standard InChI is InChI=1S/C14H19FN2O2/c1-10-4-3-5-12(15)13(10)14(19)17-7-6-16(2)11(8-17)9-18/h3-5,11,18H,6-9H2,1-2H3. The van der Waals surface area contributed by atoms with Crippen LogP contribution in [-0.4, -0.2) is 60.1 Å². The molecule has 1 atom stereocenters. The molecule has 1 aromatic carbocycles. The van der Waals surface area contributed by atoms with Gasteiger partial charge in [0.1, 0.15) is 5.82 Å². The highest BCUT2D eigenvalue weighted by Crippen LogP contribution is 2.17. The SMILES string of the molecule is Cc1cccc(F)c1C(=O)N1CCN(C)C(CO)C1. The number of hydrogen-bond donors (Lipinski definition) is 1. The van der Waals surface area contributed by atoms with Crippen LogP contribution in [0.3, 0.4) is 0 Å². The van der Waals surface area contributed by atoms with E-state index < -0.39 is 5.82 Å². The van der Waals surface area contributed by atoms with Crippen molar-refractivity contribution in [3.63, 3.8) is 0 Å². The summed E-state index contributed by atoms with van der Waals surface area (Å²) < 4.78 is 13.8. The fourth-order valence-electron chi connectivity index (χ4n) is 2.39. The number of carbonyl (C=O) groups excluding carboxylic acids is 1. The molecule has 0 aliphatic carbocycles. The van der Waals surface area contributed by atoms with Gasteiger partial charge in [0, 0.05) is 19.6 Å². The molecule has 0 spiro atoms. The van der Waals surface area contributed by atoms with E-state index in [2.05, 4.69) is 0 Å². The number of carbonyl (C=O) groups is 1. The van der Waals surface area contributed by atoms with Crippen LogP contribution >= 0.6 is 0 Å². The second kappa shape index (κ2) is 5.67. The summed E-state index contributed by atoms with van der Waals surface area (Å²) in [6, 6.07) is 4.56. The van der Waals surface area contributed by atoms with Crippen LogP contribution in [-0.2, 0) is 0 Å². The Kier molecular flexibility index (Phi) is 4.17. The van der Waals surface area contributed by atoms with Gasteiger partial charge in [-0.25, -0.2) is 4.39 Å². The average Bonchev–Trinajstić information content (AvgIpc) is 2.39. The van der Waals surface area contributed by atoms with Crippen molar-refractivity contribution in [2.75, 3.05) is 33.3 Å². The van der Waals surface area contributed by atoms with Gasteiger partial charge in [-0.2, -0.15) is 0 Å². The number of aliphatic hydroxyl groups is 1. The number of hydrogen-bond acceptors (Lipinski definition) is 3. The van der Waals surface area contributed by atoms with Crippen LogP contribution in [0.25, 0.3) is 0 Å². The van der Waals surface area contributed by atoms with Gasteiger partial charge < -0.3 is 10.0 Å². The molecule has 0 bridgehead atoms. The van der Waals surface area contributed by atoms with Gasteiger partial charge in [0.15, 0.2) is 0 Å². The predicted molar refractivity (Wildman–Crippen MR) is 70.5 cm³/mol. The van der Waals surface area contributed by atoms with Crippen LogP contribution in [0.4, 0.5) is 4.39 Å². The number of nitrogens with zero attached hydrogens (tertiary/aromatic N) is 2. The summed E-state index contributed by atoms with van der Waals surface area (Å²) in [7, 11) is 1.91. The minimum absolute atomic E-state index is 0.00344. The lowest BCUT2D eigenvalue weighted by molar-refractivity contribution is 0.0417. The maximum atomic E-state index is 13.8. The minimum atomic E-state index is -0.482. The zero-order valence-corrected chi connectivity index (χ0v) is 11.3. The average molecular weight is 266 g/mol. The first kappa shape index (κ1) is 14.0. The molecule has 0 saturated carbocycles. The molecule has 1 amide bonds. The quantitative estimate of drug-likeness (QED) is 0.864. The van der Waals surface area contributed by atoms with Gasteiger partial charge in [-0.3, -0.25) is 9.69 Å². The van der Waals surface area contributed by atoms with Gasteiger partial charge in [0.2, 0.25) is 0 Å². The monoisotopic (exact) mass is 266 g/mol. The van der Waals surface area contributed by atoms with Crippen molar-refractivity contribution in [1.82, 2.24) is 9.80 Å². The van der Waals surface area contributed by atoms with Crippen LogP contribution < -0.4 is 0 Å². The van der Waals surface area contributed by atoms with Crippen molar-refractivity contribution < 1.29 is 14.3 Å². The van der Waals surface area contributed by atoms with E-state index in [1.807, 2.05) is 11.9 Å². The number of aliphatic hydroxyl groups excluding tert-OH is 1. The molecule has 1 fully saturated rings. The summed E-state index contributed by atoms with van der Waals surface area (Å²) in [5.74, 6) is -0.772. The molecule has 19 heavy (non-hydrogen) atoms. The topological polar surface area (TPSA) is 43.8 Å². The zero-order chi connectivity index (χ0) is 14.0. The molecular formula is C14H19FN2O2. The molecule has 5 heteroatoms. The summed E-state index contributed by atoms with van der Waals surface area (Å²) in [6.45, 7) is 3.40. The van der Waals surface area contributed by atoms with E-state index in [4.69, 9.17) is 0 Å². The third kappa shape index (κ3) is 2.77. The molecule has 2 rings (SSSR count). The predicted octanol–water partition coefficient (Wildman–Crippen LogP) is 0.883. The van der Waals surface area contributed by atoms with Crippen molar-refractivity contribution >= 4 is 5.91 Å². The van der Waals surface area contributed by atoms with Gasteiger partial charge in [-0.1, -0.05) is 12.1 Å². The number of piperazine rings is 1. The van der Waals surface area contributed by atoms with Crippen LogP contribution in [0.5, 0.6) is 0 Å². The van der Waals surface area contributed by atoms with E-state index in [1.165, 1.54) is 6.07 Å². The highest BCUT2D eigenvalue weighted by Gasteiger charge is 2.29. The van der Waals surface area contributed by atoms with Gasteiger partial charge in [-0.05, 0) is 25.6 Å². The molecule has 0 radical (unpaired) electrons. The molecule has 1 unspecified atom stereocenters. The van der Waals surface area contributed by atoms with E-state index >= 15 is 0 Å². The third-order valence-electron chi connectivity index (χ3n) is 3.71. The number of amides is 1. The Balaban J connectivity index is 2.20. The summed E-state index contributed by atoms with van der Waals surface area (Å²) in [6.07, 6.45) is 0. The molecule has 0 aromatic heterocycles. The van der Waals surface area contributed by atoms with Gasteiger partial charge in [0.25, 0.3) is 5.91 Å². The first-order valence-electron chi connectivity index (χ1n) is 6.40. The molecule has 104 valence electrons. The Bertz CT molecular complexity index is 458. The second-order valence-electron chi connectivity index (χ2n) is 5.00. The van der Waals surface area contributed by atoms with Gasteiger partial charge in [-0.15, -0.1) is 0 Å². The minimum Gasteiger partial charge on any atom is -0.395 e. The summed E-state index contributed by atoms with van der Waals surface area (Å²) >= 11 is 0. The summed E-state index contributed by atoms with van der Waals surface area (Å²) in [4.78, 5) is 16.0. The molecule has 1 aliphatic heterocycles. The molecule has 1 heterocycles. The van der Waals surface area contributed by atoms with E-state index in [9.17, 15) is 14.3 Å². The van der Waals surface area contributed by atoms with Crippen LogP contribution in [0, 0.1) is 12.7 Å². The van der Waals surface area contributed by atoms with Crippen LogP contribution in [0.1, 0.15) is 15.9 Å². The van der Waals surface area contributed by atoms with Gasteiger partial charge >= 0.3 is 0 Å². The van der Waals surface area contributed by atoms with Gasteiger partial charge in [0.05, 0.1) is 18.2 Å². The zero-order valence-electron chi connectivity index (χ0n) is 11.3. The van der Waals surface area contributed by atoms with E-state index in [1.54, 1.807) is 24.0 Å². The normalized spacial score (nSPS) is 20.6. The van der Waals surface area contributed by atoms with Crippen molar-refractivity contribution in [1.29, 1.82) is 0 Å². The summed E-state index contributed by atoms with van der Waals surface area (Å²) in [5.41, 5.74) is 0.785. The Labute approximate surface area is 112 Å². The lowest BCUT2D eigenvalue weighted by Crippen LogP contribution is -2.54. The fourth-order valence-corrected chi connectivity index (χ4v) is 2.39. The lowest BCUT2D eigenvalue weighted by Gasteiger charge is -2.38. The van der Waals surface area contributed by atoms with Crippen molar-refractivity contribution in [2.24, 2.45) is 0 Å². The highest BCUT2D eigenvalue weighted by molar-refractivity contribution is 5.96. The Hall–Kier alpha value is -1.46. The van der Waals surface area contributed by atoms with Crippen LogP contribution in [0.15, 0.2) is 18.2 Å². The molecule has 1 aliphatic rings. The number of halogens is 1. The second-order valence-corrected chi connectivity index (χ2v) is 5.00. The lowest BCUT2D eigenvalue weighted by atomic mass is 10.1. The Morgan fingerprint density at radius 3 is 2.84 bits per heavy atom. The highest BCUT2D eigenvalue weighted by atomic mass is 19.1. The molecule has 1 aromatic rings. The first-order chi connectivity index (χ1) is 9.04. The largest absolute Gasteiger partial charge is 0.395 e. The number of rotatable bonds is 2. The molecular weight excluding hydrogens is 247 g/mol. The first-order valence-corrected chi connectivity index (χ1v) is 6.40. The maximum absolute atomic E-state index is 13.8. The van der Waals surface area contributed by atoms with E-state index in [-0.39, 0.29) is 24.1 Å². The molecule has 1 N–H and O–H groups in total. The van der Waals surface area contributed by atoms with Crippen molar-refractivity contribution in [2.45, 2.75) is 13.0 Å². The van der Waals surface area contributed by atoms with E-state index in [0.29, 0.717) is 25.2 Å². The Morgan fingerprint density at radius 1 is 1.47 bits per heavy atom. The van der Waals surface area contributed by atoms with Crippen molar-refractivity contribution in [3.8, 4) is 0 Å². The smallest absolute Gasteiger partial charge is 0.257 e. The van der Waals surface area contributed by atoms with Crippen LogP contribution in [0.2, 0.25) is 0 Å². The fraction of sp³-hybridized carbons (Fsp3) is 0.500.